The highest BCUT2D eigenvalue weighted by Gasteiger charge is 2.43. The molecule has 1 amide bonds. The van der Waals surface area contributed by atoms with Crippen LogP contribution in [0.3, 0.4) is 0 Å². The van der Waals surface area contributed by atoms with Crippen LogP contribution in [0.15, 0.2) is 55.1 Å². The summed E-state index contributed by atoms with van der Waals surface area (Å²) in [7, 11) is 4.94. The Bertz CT molecular complexity index is 1010. The maximum Gasteiger partial charge on any atom is 0.248 e. The van der Waals surface area contributed by atoms with E-state index in [1.54, 1.807) is 51.0 Å². The van der Waals surface area contributed by atoms with Crippen molar-refractivity contribution in [2.45, 2.75) is 5.66 Å². The largest absolute Gasteiger partial charge is 0.493 e. The molecule has 1 aliphatic rings. The first kappa shape index (κ1) is 16.1. The number of aromatic nitrogens is 3. The minimum Gasteiger partial charge on any atom is -0.493 e. The number of fused-ring (bicyclic) bond motifs is 1. The highest BCUT2D eigenvalue weighted by atomic mass is 16.5. The van der Waals surface area contributed by atoms with E-state index >= 15 is 0 Å². The van der Waals surface area contributed by atoms with Gasteiger partial charge in [0.25, 0.3) is 0 Å². The van der Waals surface area contributed by atoms with Crippen molar-refractivity contribution in [1.29, 1.82) is 0 Å². The number of amides is 1. The molecular formula is C19H18N4O3. The number of carbonyl (C=O) groups excluding carboxylic acids is 1. The van der Waals surface area contributed by atoms with Gasteiger partial charge in [-0.05, 0) is 12.1 Å². The van der Waals surface area contributed by atoms with Gasteiger partial charge in [0.2, 0.25) is 5.91 Å². The number of hydrogen-bond acceptors (Lipinski definition) is 5. The van der Waals surface area contributed by atoms with Crippen LogP contribution in [0.4, 0.5) is 0 Å². The molecule has 132 valence electrons. The van der Waals surface area contributed by atoms with Gasteiger partial charge in [-0.25, -0.2) is 4.98 Å². The van der Waals surface area contributed by atoms with Crippen LogP contribution in [0.25, 0.3) is 11.0 Å². The second-order valence-corrected chi connectivity index (χ2v) is 6.01. The Kier molecular flexibility index (Phi) is 3.64. The van der Waals surface area contributed by atoms with Gasteiger partial charge in [-0.15, -0.1) is 0 Å². The molecule has 0 radical (unpaired) electrons. The maximum atomic E-state index is 12.4. The molecule has 0 saturated heterocycles. The molecule has 0 fully saturated rings. The summed E-state index contributed by atoms with van der Waals surface area (Å²) in [4.78, 5) is 22.8. The molecule has 1 aliphatic heterocycles. The number of imidazole rings is 1. The van der Waals surface area contributed by atoms with E-state index < -0.39 is 5.66 Å². The van der Waals surface area contributed by atoms with Gasteiger partial charge < -0.3 is 14.4 Å². The molecule has 1 atom stereocenters. The van der Waals surface area contributed by atoms with E-state index in [0.29, 0.717) is 11.5 Å². The van der Waals surface area contributed by atoms with Gasteiger partial charge in [0.05, 0.1) is 31.6 Å². The summed E-state index contributed by atoms with van der Waals surface area (Å²) < 4.78 is 12.8. The van der Waals surface area contributed by atoms with Crippen LogP contribution in [0.2, 0.25) is 0 Å². The quantitative estimate of drug-likeness (QED) is 0.721. The zero-order chi connectivity index (χ0) is 18.3. The van der Waals surface area contributed by atoms with Gasteiger partial charge in [-0.3, -0.25) is 14.3 Å². The molecule has 0 spiro atoms. The lowest BCUT2D eigenvalue weighted by atomic mass is 10.0. The minimum atomic E-state index is -0.848. The van der Waals surface area contributed by atoms with Gasteiger partial charge in [0.15, 0.2) is 17.2 Å². The lowest BCUT2D eigenvalue weighted by Crippen LogP contribution is -2.46. The summed E-state index contributed by atoms with van der Waals surface area (Å²) in [6, 6.07) is 7.48. The number of nitrogens with zero attached hydrogens (tertiary/aromatic N) is 4. The lowest BCUT2D eigenvalue weighted by molar-refractivity contribution is -0.128. The molecule has 1 aromatic carbocycles. The van der Waals surface area contributed by atoms with Crippen molar-refractivity contribution < 1.29 is 14.3 Å². The number of pyridine rings is 1. The molecule has 26 heavy (non-hydrogen) atoms. The number of hydrogen-bond donors (Lipinski definition) is 0. The van der Waals surface area contributed by atoms with Crippen molar-refractivity contribution in [2.75, 3.05) is 21.3 Å². The maximum absolute atomic E-state index is 12.4. The van der Waals surface area contributed by atoms with E-state index in [0.717, 1.165) is 16.6 Å². The summed E-state index contributed by atoms with van der Waals surface area (Å²) in [6.07, 6.45) is 8.61. The first-order valence-electron chi connectivity index (χ1n) is 8.09. The average molecular weight is 350 g/mol. The summed E-state index contributed by atoms with van der Waals surface area (Å²) in [5.41, 5.74) is 1.57. The summed E-state index contributed by atoms with van der Waals surface area (Å²) in [5.74, 6) is 1.11. The van der Waals surface area contributed by atoms with Crippen molar-refractivity contribution >= 4 is 16.9 Å². The third-order valence-electron chi connectivity index (χ3n) is 4.81. The monoisotopic (exact) mass is 350 g/mol. The van der Waals surface area contributed by atoms with E-state index in [9.17, 15) is 4.79 Å². The minimum absolute atomic E-state index is 0.0869. The zero-order valence-electron chi connectivity index (χ0n) is 14.7. The fourth-order valence-electron chi connectivity index (χ4n) is 3.44. The SMILES string of the molecule is COc1cc2ncn(C3(c4cccnc4)C=CC(=O)N3C)c2cc1OC. The third-order valence-corrected chi connectivity index (χ3v) is 4.81. The molecule has 0 saturated carbocycles. The van der Waals surface area contributed by atoms with Gasteiger partial charge in [0, 0.05) is 43.2 Å². The Labute approximate surface area is 150 Å². The standard InChI is InChI=1S/C19H18N4O3/c1-22-18(24)6-7-19(22,13-5-4-8-20-11-13)23-12-21-14-9-16(25-2)17(26-3)10-15(14)23/h4-12H,1-3H3. The van der Waals surface area contributed by atoms with Crippen LogP contribution in [-0.4, -0.2) is 46.6 Å². The number of carbonyl (C=O) groups is 1. The Morgan fingerprint density at radius 2 is 1.92 bits per heavy atom. The first-order chi connectivity index (χ1) is 12.6. The topological polar surface area (TPSA) is 69.5 Å². The second-order valence-electron chi connectivity index (χ2n) is 6.01. The van der Waals surface area contributed by atoms with Gasteiger partial charge >= 0.3 is 0 Å². The Hall–Kier alpha value is -3.35. The van der Waals surface area contributed by atoms with Crippen LogP contribution in [0.5, 0.6) is 11.5 Å². The van der Waals surface area contributed by atoms with E-state index in [4.69, 9.17) is 9.47 Å². The molecule has 0 aliphatic carbocycles. The molecule has 0 bridgehead atoms. The predicted molar refractivity (Wildman–Crippen MR) is 96.1 cm³/mol. The highest BCUT2D eigenvalue weighted by molar-refractivity contribution is 5.92. The summed E-state index contributed by atoms with van der Waals surface area (Å²) >= 11 is 0. The number of rotatable bonds is 4. The predicted octanol–water partition coefficient (Wildman–Crippen LogP) is 2.18. The van der Waals surface area contributed by atoms with Crippen molar-refractivity contribution in [2.24, 2.45) is 0 Å². The Morgan fingerprint density at radius 3 is 2.54 bits per heavy atom. The smallest absolute Gasteiger partial charge is 0.248 e. The second kappa shape index (κ2) is 5.87. The van der Waals surface area contributed by atoms with Gasteiger partial charge in [-0.1, -0.05) is 6.07 Å². The molecule has 2 aromatic heterocycles. The number of ether oxygens (including phenoxy) is 2. The van der Waals surface area contributed by atoms with Crippen LogP contribution < -0.4 is 9.47 Å². The van der Waals surface area contributed by atoms with Crippen molar-refractivity contribution in [3.05, 3.63) is 60.7 Å². The van der Waals surface area contributed by atoms with Crippen LogP contribution in [0.1, 0.15) is 5.56 Å². The lowest BCUT2D eigenvalue weighted by Gasteiger charge is -2.37. The van der Waals surface area contributed by atoms with E-state index in [1.165, 1.54) is 0 Å². The third kappa shape index (κ3) is 2.10. The van der Waals surface area contributed by atoms with Crippen molar-refractivity contribution in [3.63, 3.8) is 0 Å². The molecular weight excluding hydrogens is 332 g/mol. The molecule has 7 nitrogen and oxygen atoms in total. The molecule has 7 heteroatoms. The van der Waals surface area contributed by atoms with E-state index in [1.807, 2.05) is 34.9 Å². The average Bonchev–Trinajstić information content (AvgIpc) is 3.23. The molecule has 0 N–H and O–H groups in total. The fourth-order valence-corrected chi connectivity index (χ4v) is 3.44. The van der Waals surface area contributed by atoms with Gasteiger partial charge in [0.1, 0.15) is 0 Å². The molecule has 3 aromatic rings. The van der Waals surface area contributed by atoms with Crippen LogP contribution >= 0.6 is 0 Å². The highest BCUT2D eigenvalue weighted by Crippen LogP contribution is 2.39. The molecule has 4 rings (SSSR count). The number of methoxy groups -OCH3 is 2. The van der Waals surface area contributed by atoms with Crippen LogP contribution in [0, 0.1) is 0 Å². The van der Waals surface area contributed by atoms with Crippen molar-refractivity contribution in [3.8, 4) is 11.5 Å². The summed E-state index contributed by atoms with van der Waals surface area (Å²) in [5, 5.41) is 0. The zero-order valence-corrected chi connectivity index (χ0v) is 14.7. The van der Waals surface area contributed by atoms with E-state index in [2.05, 4.69) is 9.97 Å². The summed E-state index contributed by atoms with van der Waals surface area (Å²) in [6.45, 7) is 0. The Morgan fingerprint density at radius 1 is 1.15 bits per heavy atom. The van der Waals surface area contributed by atoms with Crippen LogP contribution in [-0.2, 0) is 10.5 Å². The van der Waals surface area contributed by atoms with Crippen molar-refractivity contribution in [1.82, 2.24) is 19.4 Å². The Balaban J connectivity index is 2.02. The first-order valence-corrected chi connectivity index (χ1v) is 8.09. The molecule has 3 heterocycles. The fraction of sp³-hybridized carbons (Fsp3) is 0.211. The molecule has 1 unspecified atom stereocenters. The number of benzene rings is 1. The normalized spacial score (nSPS) is 19.3. The van der Waals surface area contributed by atoms with Gasteiger partial charge in [-0.2, -0.15) is 0 Å². The van der Waals surface area contributed by atoms with E-state index in [-0.39, 0.29) is 5.91 Å². The number of likely N-dealkylation sites (N-methyl/N-ethyl adjacent to an activating group) is 1.